The average Bonchev–Trinajstić information content (AvgIpc) is 3.03. The minimum atomic E-state index is -4.69. The lowest BCUT2D eigenvalue weighted by atomic mass is 9.73. The van der Waals surface area contributed by atoms with Gasteiger partial charge in [-0.2, -0.15) is 18.2 Å². The molecule has 28 heavy (non-hydrogen) atoms. The van der Waals surface area contributed by atoms with Crippen molar-refractivity contribution in [3.63, 3.8) is 0 Å². The number of para-hydroxylation sites is 1. The van der Waals surface area contributed by atoms with Crippen molar-refractivity contribution < 1.29 is 22.7 Å². The molecule has 0 bridgehead atoms. The number of hydrogen-bond donors (Lipinski definition) is 1. The lowest BCUT2D eigenvalue weighted by molar-refractivity contribution is -0.145. The maximum Gasteiger partial charge on any atom is 0.453 e. The Hall–Kier alpha value is -2.84. The monoisotopic (exact) mass is 392 g/mol. The van der Waals surface area contributed by atoms with Gasteiger partial charge in [-0.05, 0) is 17.9 Å². The number of hydrogen-bond acceptors (Lipinski definition) is 5. The van der Waals surface area contributed by atoms with Gasteiger partial charge in [0.2, 0.25) is 5.95 Å². The number of rotatable bonds is 2. The van der Waals surface area contributed by atoms with Crippen molar-refractivity contribution in [3.05, 3.63) is 46.9 Å². The zero-order chi connectivity index (χ0) is 20.3. The van der Waals surface area contributed by atoms with Gasteiger partial charge in [0.1, 0.15) is 11.8 Å². The number of aromatic nitrogens is 3. The highest BCUT2D eigenvalue weighted by atomic mass is 19.4. The van der Waals surface area contributed by atoms with Crippen LogP contribution in [0.3, 0.4) is 0 Å². The van der Waals surface area contributed by atoms with Crippen LogP contribution in [-0.4, -0.2) is 27.7 Å². The van der Waals surface area contributed by atoms with E-state index in [1.54, 1.807) is 24.3 Å². The third-order valence-corrected chi connectivity index (χ3v) is 5.02. The quantitative estimate of drug-likeness (QED) is 0.838. The summed E-state index contributed by atoms with van der Waals surface area (Å²) in [5.74, 6) is -0.938. The number of allylic oxidation sites excluding steroid dienone is 2. The number of carbonyl (C=O) groups is 1. The second kappa shape index (κ2) is 6.08. The Bertz CT molecular complexity index is 991. The number of methoxy groups -OCH3 is 1. The largest absolute Gasteiger partial charge is 0.496 e. The summed E-state index contributed by atoms with van der Waals surface area (Å²) < 4.78 is 46.3. The highest BCUT2D eigenvalue weighted by Gasteiger charge is 2.45. The van der Waals surface area contributed by atoms with Crippen LogP contribution in [0.1, 0.15) is 44.1 Å². The Labute approximate surface area is 159 Å². The maximum atomic E-state index is 13.2. The van der Waals surface area contributed by atoms with Gasteiger partial charge in [-0.25, -0.2) is 4.68 Å². The van der Waals surface area contributed by atoms with E-state index < -0.39 is 18.0 Å². The molecule has 4 rings (SSSR count). The zero-order valence-electron chi connectivity index (χ0n) is 15.6. The first kappa shape index (κ1) is 18.5. The SMILES string of the molecule is COc1ccccc1[C@@H]1C2=C(CC(C)(C)CC2=O)Nc2nc(C(F)(F)F)nn21. The van der Waals surface area contributed by atoms with Crippen molar-refractivity contribution in [2.75, 3.05) is 12.4 Å². The predicted molar refractivity (Wildman–Crippen MR) is 94.8 cm³/mol. The Morgan fingerprint density at radius 3 is 2.64 bits per heavy atom. The molecule has 1 atom stereocenters. The van der Waals surface area contributed by atoms with Gasteiger partial charge in [-0.15, -0.1) is 5.10 Å². The summed E-state index contributed by atoms with van der Waals surface area (Å²) in [6.45, 7) is 3.91. The van der Waals surface area contributed by atoms with Gasteiger partial charge in [-0.1, -0.05) is 32.0 Å². The fraction of sp³-hybridized carbons (Fsp3) is 0.421. The van der Waals surface area contributed by atoms with Crippen molar-refractivity contribution >= 4 is 11.7 Å². The van der Waals surface area contributed by atoms with E-state index in [1.807, 2.05) is 13.8 Å². The molecule has 0 spiro atoms. The second-order valence-corrected chi connectivity index (χ2v) is 7.80. The molecule has 2 heterocycles. The molecule has 2 aromatic rings. The molecule has 0 radical (unpaired) electrons. The number of benzene rings is 1. The lowest BCUT2D eigenvalue weighted by Crippen LogP contribution is -2.36. The fourth-order valence-electron chi connectivity index (χ4n) is 3.91. The van der Waals surface area contributed by atoms with E-state index in [-0.39, 0.29) is 17.1 Å². The topological polar surface area (TPSA) is 69.0 Å². The van der Waals surface area contributed by atoms with Crippen LogP contribution in [0.2, 0.25) is 0 Å². The second-order valence-electron chi connectivity index (χ2n) is 7.80. The summed E-state index contributed by atoms with van der Waals surface area (Å²) in [4.78, 5) is 16.7. The van der Waals surface area contributed by atoms with Gasteiger partial charge in [0.05, 0.1) is 7.11 Å². The first-order valence-corrected chi connectivity index (χ1v) is 8.80. The molecule has 0 saturated heterocycles. The summed E-state index contributed by atoms with van der Waals surface area (Å²) in [7, 11) is 1.48. The van der Waals surface area contributed by atoms with E-state index in [1.165, 1.54) is 7.11 Å². The molecule has 2 aliphatic rings. The number of Topliss-reactive ketones (excluding diaryl/α,β-unsaturated/α-hetero) is 1. The van der Waals surface area contributed by atoms with Gasteiger partial charge in [0, 0.05) is 23.3 Å². The van der Waals surface area contributed by atoms with Crippen LogP contribution in [0.25, 0.3) is 0 Å². The number of nitrogens with zero attached hydrogens (tertiary/aromatic N) is 3. The summed E-state index contributed by atoms with van der Waals surface area (Å²) in [5.41, 5.74) is 1.26. The molecular weight excluding hydrogens is 373 g/mol. The zero-order valence-corrected chi connectivity index (χ0v) is 15.6. The van der Waals surface area contributed by atoms with Crippen molar-refractivity contribution in [1.29, 1.82) is 0 Å². The van der Waals surface area contributed by atoms with Crippen LogP contribution in [0.15, 0.2) is 35.5 Å². The van der Waals surface area contributed by atoms with Gasteiger partial charge >= 0.3 is 6.18 Å². The normalized spacial score (nSPS) is 21.1. The number of fused-ring (bicyclic) bond motifs is 1. The maximum absolute atomic E-state index is 13.2. The smallest absolute Gasteiger partial charge is 0.453 e. The summed E-state index contributed by atoms with van der Waals surface area (Å²) in [6.07, 6.45) is -3.87. The molecule has 0 fully saturated rings. The van der Waals surface area contributed by atoms with E-state index >= 15 is 0 Å². The van der Waals surface area contributed by atoms with Crippen LogP contribution < -0.4 is 10.1 Å². The highest BCUT2D eigenvalue weighted by molar-refractivity contribution is 6.00. The van der Waals surface area contributed by atoms with Crippen molar-refractivity contribution in [2.24, 2.45) is 5.41 Å². The Balaban J connectivity index is 1.95. The number of ether oxygens (including phenoxy) is 1. The molecule has 0 saturated carbocycles. The minimum absolute atomic E-state index is 0.0347. The minimum Gasteiger partial charge on any atom is -0.496 e. The van der Waals surface area contributed by atoms with E-state index in [2.05, 4.69) is 15.4 Å². The van der Waals surface area contributed by atoms with E-state index in [4.69, 9.17) is 4.74 Å². The highest BCUT2D eigenvalue weighted by Crippen LogP contribution is 2.47. The van der Waals surface area contributed by atoms with Crippen molar-refractivity contribution in [1.82, 2.24) is 14.8 Å². The first-order chi connectivity index (χ1) is 13.1. The third kappa shape index (κ3) is 2.94. The van der Waals surface area contributed by atoms with Crippen LogP contribution in [0.4, 0.5) is 19.1 Å². The Morgan fingerprint density at radius 2 is 1.96 bits per heavy atom. The molecule has 9 heteroatoms. The van der Waals surface area contributed by atoms with E-state index in [0.717, 1.165) is 4.68 Å². The Morgan fingerprint density at radius 1 is 1.25 bits per heavy atom. The Kier molecular flexibility index (Phi) is 4.02. The van der Waals surface area contributed by atoms with Crippen LogP contribution in [0.5, 0.6) is 5.75 Å². The van der Waals surface area contributed by atoms with Crippen molar-refractivity contribution in [2.45, 2.75) is 38.9 Å². The number of halogens is 3. The number of alkyl halides is 3. The van der Waals surface area contributed by atoms with Gasteiger partial charge in [0.15, 0.2) is 5.78 Å². The molecule has 0 amide bonds. The van der Waals surface area contributed by atoms with Gasteiger partial charge in [0.25, 0.3) is 5.82 Å². The number of carbonyl (C=O) groups excluding carboxylic acids is 1. The first-order valence-electron chi connectivity index (χ1n) is 8.80. The molecule has 1 aliphatic heterocycles. The van der Waals surface area contributed by atoms with Crippen LogP contribution in [0, 0.1) is 5.41 Å². The number of ketones is 1. The standard InChI is InChI=1S/C19H19F3N4O2/c1-18(2)8-11-14(12(27)9-18)15(10-6-4-5-7-13(10)28-3)26-17(23-11)24-16(25-26)19(20,21)22/h4-7,15H,8-9H2,1-3H3,(H,23,24,25)/t15-/m1/s1. The summed E-state index contributed by atoms with van der Waals surface area (Å²) in [5, 5.41) is 6.62. The van der Waals surface area contributed by atoms with E-state index in [9.17, 15) is 18.0 Å². The molecule has 1 aromatic heterocycles. The van der Waals surface area contributed by atoms with Gasteiger partial charge in [-0.3, -0.25) is 4.79 Å². The van der Waals surface area contributed by atoms with E-state index in [0.29, 0.717) is 35.4 Å². The molecule has 0 unspecified atom stereocenters. The number of anilines is 1. The molecule has 1 aromatic carbocycles. The molecule has 148 valence electrons. The summed E-state index contributed by atoms with van der Waals surface area (Å²) >= 11 is 0. The third-order valence-electron chi connectivity index (χ3n) is 5.02. The van der Waals surface area contributed by atoms with Crippen LogP contribution in [-0.2, 0) is 11.0 Å². The predicted octanol–water partition coefficient (Wildman–Crippen LogP) is 3.96. The molecular formula is C19H19F3N4O2. The van der Waals surface area contributed by atoms with Crippen LogP contribution >= 0.6 is 0 Å². The van der Waals surface area contributed by atoms with Crippen molar-refractivity contribution in [3.8, 4) is 5.75 Å². The van der Waals surface area contributed by atoms with Gasteiger partial charge < -0.3 is 10.1 Å². The molecule has 6 nitrogen and oxygen atoms in total. The average molecular weight is 392 g/mol. The molecule has 1 aliphatic carbocycles. The molecule has 1 N–H and O–H groups in total. The lowest BCUT2D eigenvalue weighted by Gasteiger charge is -2.38. The number of nitrogens with one attached hydrogen (secondary N) is 1. The fourth-order valence-corrected chi connectivity index (χ4v) is 3.91. The summed E-state index contributed by atoms with van der Waals surface area (Å²) in [6, 6.07) is 6.10.